The molecule has 124 valence electrons. The van der Waals surface area contributed by atoms with Gasteiger partial charge in [0.2, 0.25) is 0 Å². The smallest absolute Gasteiger partial charge is 0.262 e. The van der Waals surface area contributed by atoms with Crippen molar-refractivity contribution in [2.24, 2.45) is 0 Å². The van der Waals surface area contributed by atoms with E-state index < -0.39 is 17.4 Å². The molecule has 1 aliphatic heterocycles. The molecule has 0 aliphatic carbocycles. The Balaban J connectivity index is 2.02. The first-order chi connectivity index (χ1) is 12.0. The van der Waals surface area contributed by atoms with Crippen LogP contribution in [0.3, 0.4) is 0 Å². The summed E-state index contributed by atoms with van der Waals surface area (Å²) in [5.41, 5.74) is 6.28. The molecular formula is C16H11N5O4. The molecule has 0 atom stereocenters. The molecule has 0 radical (unpaired) electrons. The number of nitrogens with one attached hydrogen (secondary N) is 1. The Hall–Kier alpha value is -3.75. The first-order valence-corrected chi connectivity index (χ1v) is 7.28. The summed E-state index contributed by atoms with van der Waals surface area (Å²) >= 11 is 0. The molecule has 3 heterocycles. The highest BCUT2D eigenvalue weighted by atomic mass is 16.5. The highest BCUT2D eigenvalue weighted by Crippen LogP contribution is 2.28. The summed E-state index contributed by atoms with van der Waals surface area (Å²) in [5, 5.41) is 5.87. The van der Waals surface area contributed by atoms with E-state index in [0.29, 0.717) is 17.1 Å². The van der Waals surface area contributed by atoms with Crippen LogP contribution < -0.4 is 16.6 Å². The van der Waals surface area contributed by atoms with E-state index in [0.717, 1.165) is 10.6 Å². The molecule has 0 saturated carbocycles. The fourth-order valence-electron chi connectivity index (χ4n) is 2.78. The quantitative estimate of drug-likeness (QED) is 0.656. The second kappa shape index (κ2) is 5.13. The van der Waals surface area contributed by atoms with Gasteiger partial charge in [0.1, 0.15) is 5.82 Å². The number of anilines is 1. The average molecular weight is 337 g/mol. The Morgan fingerprint density at radius 3 is 2.60 bits per heavy atom. The molecule has 0 saturated heterocycles. The molecule has 2 aromatic heterocycles. The van der Waals surface area contributed by atoms with Gasteiger partial charge in [-0.1, -0.05) is 17.3 Å². The number of carbonyl (C=O) groups is 2. The maximum atomic E-state index is 12.6. The highest BCUT2D eigenvalue weighted by molar-refractivity contribution is 6.23. The summed E-state index contributed by atoms with van der Waals surface area (Å²) in [6.07, 6.45) is 0. The van der Waals surface area contributed by atoms with Crippen LogP contribution in [0.4, 0.5) is 5.82 Å². The number of hydrogen-bond donors (Lipinski definition) is 2. The van der Waals surface area contributed by atoms with Crippen molar-refractivity contribution in [3.8, 4) is 17.1 Å². The van der Waals surface area contributed by atoms with E-state index in [1.807, 2.05) is 0 Å². The highest BCUT2D eigenvalue weighted by Gasteiger charge is 2.32. The zero-order valence-corrected chi connectivity index (χ0v) is 12.9. The molecule has 3 aromatic rings. The van der Waals surface area contributed by atoms with Crippen molar-refractivity contribution in [3.05, 3.63) is 57.6 Å². The average Bonchev–Trinajstić information content (AvgIpc) is 3.12. The third-order valence-corrected chi connectivity index (χ3v) is 3.86. The van der Waals surface area contributed by atoms with Gasteiger partial charge in [-0.2, -0.15) is 4.98 Å². The molecule has 4 rings (SSSR count). The fraction of sp³-hybridized carbons (Fsp3) is 0.0625. The van der Waals surface area contributed by atoms with E-state index in [4.69, 9.17) is 10.3 Å². The first kappa shape index (κ1) is 14.8. The van der Waals surface area contributed by atoms with Gasteiger partial charge in [0.05, 0.1) is 22.4 Å². The molecule has 0 bridgehead atoms. The lowest BCUT2D eigenvalue weighted by atomic mass is 10.1. The molecule has 0 fully saturated rings. The summed E-state index contributed by atoms with van der Waals surface area (Å²) in [6.45, 7) is 1.67. The van der Waals surface area contributed by atoms with Gasteiger partial charge in [0, 0.05) is 6.07 Å². The number of pyridine rings is 1. The SMILES string of the molecule is Cc1noc(-c2ccccc2-n2c(N)c3c(cc2=O)C(=O)NC3=O)n1. The van der Waals surface area contributed by atoms with Crippen LogP contribution in [0.25, 0.3) is 17.1 Å². The Bertz CT molecular complexity index is 1110. The number of nitrogens with zero attached hydrogens (tertiary/aromatic N) is 3. The van der Waals surface area contributed by atoms with Crippen LogP contribution in [0, 0.1) is 6.92 Å². The maximum absolute atomic E-state index is 12.6. The Morgan fingerprint density at radius 2 is 1.88 bits per heavy atom. The van der Waals surface area contributed by atoms with Crippen LogP contribution in [-0.2, 0) is 0 Å². The number of hydrogen-bond acceptors (Lipinski definition) is 7. The number of nitrogen functional groups attached to an aromatic ring is 1. The van der Waals surface area contributed by atoms with Crippen molar-refractivity contribution in [2.75, 3.05) is 5.73 Å². The predicted octanol–water partition coefficient (Wildman–Crippen LogP) is 0.662. The Morgan fingerprint density at radius 1 is 1.12 bits per heavy atom. The van der Waals surface area contributed by atoms with Gasteiger partial charge in [0.15, 0.2) is 5.82 Å². The van der Waals surface area contributed by atoms with Crippen molar-refractivity contribution < 1.29 is 14.1 Å². The number of amides is 2. The van der Waals surface area contributed by atoms with Crippen molar-refractivity contribution >= 4 is 17.6 Å². The minimum Gasteiger partial charge on any atom is -0.384 e. The van der Waals surface area contributed by atoms with E-state index in [-0.39, 0.29) is 22.8 Å². The number of nitrogens with two attached hydrogens (primary N) is 1. The standard InChI is InChI=1S/C16H11N5O4/c1-7-18-16(25-20-7)8-4-2-3-5-10(8)21-11(22)6-9-12(13(21)17)15(24)19-14(9)23/h2-6H,17H2,1H3,(H,19,23,24). The number of aromatic nitrogens is 3. The maximum Gasteiger partial charge on any atom is 0.262 e. The van der Waals surface area contributed by atoms with E-state index in [1.54, 1.807) is 31.2 Å². The van der Waals surface area contributed by atoms with Gasteiger partial charge < -0.3 is 10.3 Å². The molecule has 9 heteroatoms. The van der Waals surface area contributed by atoms with Gasteiger partial charge in [-0.3, -0.25) is 24.3 Å². The van der Waals surface area contributed by atoms with E-state index >= 15 is 0 Å². The molecule has 1 aliphatic rings. The zero-order valence-electron chi connectivity index (χ0n) is 12.9. The van der Waals surface area contributed by atoms with Gasteiger partial charge >= 0.3 is 0 Å². The monoisotopic (exact) mass is 337 g/mol. The Kier molecular flexibility index (Phi) is 3.04. The fourth-order valence-corrected chi connectivity index (χ4v) is 2.78. The van der Waals surface area contributed by atoms with Crippen LogP contribution in [0.1, 0.15) is 26.5 Å². The largest absolute Gasteiger partial charge is 0.384 e. The minimum absolute atomic E-state index is 0.0267. The van der Waals surface area contributed by atoms with Crippen molar-refractivity contribution in [1.29, 1.82) is 0 Å². The second-order valence-electron chi connectivity index (χ2n) is 5.44. The van der Waals surface area contributed by atoms with Crippen LogP contribution in [0.2, 0.25) is 0 Å². The summed E-state index contributed by atoms with van der Waals surface area (Å²) in [5.74, 6) is -0.770. The van der Waals surface area contributed by atoms with Crippen LogP contribution in [0.5, 0.6) is 0 Å². The number of benzene rings is 1. The van der Waals surface area contributed by atoms with E-state index in [1.165, 1.54) is 0 Å². The zero-order chi connectivity index (χ0) is 17.7. The van der Waals surface area contributed by atoms with E-state index in [2.05, 4.69) is 15.5 Å². The predicted molar refractivity (Wildman–Crippen MR) is 86.3 cm³/mol. The molecule has 0 spiro atoms. The number of rotatable bonds is 2. The third kappa shape index (κ3) is 2.13. The number of fused-ring (bicyclic) bond motifs is 1. The summed E-state index contributed by atoms with van der Waals surface area (Å²) in [4.78, 5) is 40.5. The number of imide groups is 1. The summed E-state index contributed by atoms with van der Waals surface area (Å²) < 4.78 is 6.32. The second-order valence-corrected chi connectivity index (χ2v) is 5.44. The van der Waals surface area contributed by atoms with Crippen molar-refractivity contribution in [1.82, 2.24) is 20.0 Å². The molecule has 3 N–H and O–H groups in total. The summed E-state index contributed by atoms with van der Waals surface area (Å²) in [6, 6.07) is 7.84. The number of carbonyl (C=O) groups excluding carboxylic acids is 2. The first-order valence-electron chi connectivity index (χ1n) is 7.28. The molecule has 1 aromatic carbocycles. The third-order valence-electron chi connectivity index (χ3n) is 3.86. The van der Waals surface area contributed by atoms with Gasteiger partial charge in [-0.25, -0.2) is 0 Å². The lowest BCUT2D eigenvalue weighted by molar-refractivity contribution is 0.0880. The minimum atomic E-state index is -0.642. The normalized spacial score (nSPS) is 13.0. The molecule has 0 unspecified atom stereocenters. The van der Waals surface area contributed by atoms with Crippen LogP contribution in [-0.4, -0.2) is 26.5 Å². The van der Waals surface area contributed by atoms with Crippen molar-refractivity contribution in [3.63, 3.8) is 0 Å². The van der Waals surface area contributed by atoms with Crippen molar-refractivity contribution in [2.45, 2.75) is 6.92 Å². The lowest BCUT2D eigenvalue weighted by Crippen LogP contribution is -2.24. The molecule has 25 heavy (non-hydrogen) atoms. The molecule has 2 amide bonds. The van der Waals surface area contributed by atoms with Gasteiger partial charge in [-0.05, 0) is 19.1 Å². The Labute approximate surface area is 140 Å². The topological polar surface area (TPSA) is 133 Å². The van der Waals surface area contributed by atoms with Crippen LogP contribution in [0.15, 0.2) is 39.6 Å². The summed E-state index contributed by atoms with van der Waals surface area (Å²) in [7, 11) is 0. The number of aryl methyl sites for hydroxylation is 1. The lowest BCUT2D eigenvalue weighted by Gasteiger charge is -2.14. The van der Waals surface area contributed by atoms with Crippen LogP contribution >= 0.6 is 0 Å². The van der Waals surface area contributed by atoms with E-state index in [9.17, 15) is 14.4 Å². The molecule has 9 nitrogen and oxygen atoms in total. The van der Waals surface area contributed by atoms with Gasteiger partial charge in [0.25, 0.3) is 23.3 Å². The van der Waals surface area contributed by atoms with Gasteiger partial charge in [-0.15, -0.1) is 0 Å². The molecular weight excluding hydrogens is 326 g/mol. The number of para-hydroxylation sites is 1.